The van der Waals surface area contributed by atoms with Gasteiger partial charge in [-0.05, 0) is 31.9 Å². The van der Waals surface area contributed by atoms with E-state index in [2.05, 4.69) is 0 Å². The summed E-state index contributed by atoms with van der Waals surface area (Å²) in [5, 5.41) is -1.13. The molecule has 1 aromatic rings. The maximum Gasteiger partial charge on any atom is 0.324 e. The summed E-state index contributed by atoms with van der Waals surface area (Å²) in [6.07, 6.45) is 0.204. The van der Waals surface area contributed by atoms with E-state index in [1.54, 1.807) is 39.0 Å². The summed E-state index contributed by atoms with van der Waals surface area (Å²) in [5.74, 6) is -0.678. The highest BCUT2D eigenvalue weighted by atomic mass is 32.2. The zero-order chi connectivity index (χ0) is 13.8. The predicted octanol–water partition coefficient (Wildman–Crippen LogP) is 2.11. The number of ether oxygens (including phenoxy) is 1. The van der Waals surface area contributed by atoms with Crippen molar-refractivity contribution in [1.29, 1.82) is 0 Å². The minimum absolute atomic E-state index is 0.179. The van der Waals surface area contributed by atoms with E-state index in [1.165, 1.54) is 6.07 Å². The lowest BCUT2D eigenvalue weighted by Gasteiger charge is -2.15. The third-order valence-corrected chi connectivity index (χ3v) is 5.04. The SMILES string of the molecule is CCOC(=O)C(CC)S(=O)(=O)c1ccccc1C. The zero-order valence-corrected chi connectivity index (χ0v) is 11.7. The van der Waals surface area contributed by atoms with Crippen LogP contribution >= 0.6 is 0 Å². The molecule has 0 amide bonds. The number of esters is 1. The number of carbonyl (C=O) groups excluding carboxylic acids is 1. The summed E-state index contributed by atoms with van der Waals surface area (Å²) in [4.78, 5) is 11.9. The Morgan fingerprint density at radius 3 is 2.39 bits per heavy atom. The molecule has 0 saturated carbocycles. The molecule has 0 aliphatic carbocycles. The molecule has 18 heavy (non-hydrogen) atoms. The van der Waals surface area contributed by atoms with E-state index in [-0.39, 0.29) is 17.9 Å². The number of hydrogen-bond acceptors (Lipinski definition) is 4. The molecule has 5 heteroatoms. The first-order valence-corrected chi connectivity index (χ1v) is 7.45. The van der Waals surface area contributed by atoms with Crippen LogP contribution in [0.15, 0.2) is 29.2 Å². The summed E-state index contributed by atoms with van der Waals surface area (Å²) in [6, 6.07) is 6.65. The van der Waals surface area contributed by atoms with Gasteiger partial charge in [-0.25, -0.2) is 8.42 Å². The fourth-order valence-corrected chi connectivity index (χ4v) is 3.63. The molecule has 0 aliphatic rings. The quantitative estimate of drug-likeness (QED) is 0.769. The normalized spacial score (nSPS) is 13.1. The highest BCUT2D eigenvalue weighted by Gasteiger charge is 2.34. The lowest BCUT2D eigenvalue weighted by Crippen LogP contribution is -2.32. The predicted molar refractivity (Wildman–Crippen MR) is 69.1 cm³/mol. The van der Waals surface area contributed by atoms with Crippen molar-refractivity contribution >= 4 is 15.8 Å². The second-order valence-corrected chi connectivity index (χ2v) is 6.06. The van der Waals surface area contributed by atoms with E-state index in [0.29, 0.717) is 5.56 Å². The lowest BCUT2D eigenvalue weighted by molar-refractivity contribution is -0.142. The van der Waals surface area contributed by atoms with Gasteiger partial charge in [-0.1, -0.05) is 25.1 Å². The van der Waals surface area contributed by atoms with Crippen LogP contribution < -0.4 is 0 Å². The maximum atomic E-state index is 12.4. The lowest BCUT2D eigenvalue weighted by atomic mass is 10.2. The molecule has 0 N–H and O–H groups in total. The molecule has 0 heterocycles. The molecule has 1 atom stereocenters. The molecule has 0 fully saturated rings. The van der Waals surface area contributed by atoms with Crippen molar-refractivity contribution in [2.24, 2.45) is 0 Å². The minimum atomic E-state index is -3.68. The van der Waals surface area contributed by atoms with Crippen LogP contribution in [-0.2, 0) is 19.4 Å². The molecule has 0 bridgehead atoms. The summed E-state index contributed by atoms with van der Waals surface area (Å²) >= 11 is 0. The van der Waals surface area contributed by atoms with Gasteiger partial charge in [-0.2, -0.15) is 0 Å². The van der Waals surface area contributed by atoms with E-state index in [9.17, 15) is 13.2 Å². The molecule has 1 rings (SSSR count). The van der Waals surface area contributed by atoms with Crippen molar-refractivity contribution in [1.82, 2.24) is 0 Å². The summed E-state index contributed by atoms with van der Waals surface area (Å²) in [5.41, 5.74) is 0.639. The van der Waals surface area contributed by atoms with Crippen LogP contribution in [0.1, 0.15) is 25.8 Å². The molecule has 4 nitrogen and oxygen atoms in total. The molecule has 0 aliphatic heterocycles. The van der Waals surface area contributed by atoms with Gasteiger partial charge in [-0.15, -0.1) is 0 Å². The standard InChI is InChI=1S/C13H18O4S/c1-4-11(13(14)17-5-2)18(15,16)12-9-7-6-8-10(12)3/h6-9,11H,4-5H2,1-3H3. The first kappa shape index (κ1) is 14.7. The molecular weight excluding hydrogens is 252 g/mol. The van der Waals surface area contributed by atoms with Crippen LogP contribution in [0, 0.1) is 6.92 Å². The first-order valence-electron chi connectivity index (χ1n) is 5.91. The monoisotopic (exact) mass is 270 g/mol. The van der Waals surface area contributed by atoms with Gasteiger partial charge in [0.1, 0.15) is 0 Å². The highest BCUT2D eigenvalue weighted by Crippen LogP contribution is 2.22. The van der Waals surface area contributed by atoms with Crippen LogP contribution in [0.3, 0.4) is 0 Å². The molecule has 1 aromatic carbocycles. The summed E-state index contributed by atoms with van der Waals surface area (Å²) in [7, 11) is -3.68. The third-order valence-electron chi connectivity index (χ3n) is 2.69. The Morgan fingerprint density at radius 2 is 1.89 bits per heavy atom. The average Bonchev–Trinajstić information content (AvgIpc) is 2.30. The number of carbonyl (C=O) groups is 1. The van der Waals surface area contributed by atoms with Gasteiger partial charge in [0.05, 0.1) is 11.5 Å². The Bertz CT molecular complexity index is 520. The Kier molecular flexibility index (Phi) is 4.90. The maximum absolute atomic E-state index is 12.4. The van der Waals surface area contributed by atoms with Crippen LogP contribution in [-0.4, -0.2) is 26.2 Å². The second-order valence-electron chi connectivity index (χ2n) is 3.96. The van der Waals surface area contributed by atoms with Crippen molar-refractivity contribution in [3.8, 4) is 0 Å². The fraction of sp³-hybridized carbons (Fsp3) is 0.462. The van der Waals surface area contributed by atoms with Crippen molar-refractivity contribution < 1.29 is 17.9 Å². The van der Waals surface area contributed by atoms with E-state index >= 15 is 0 Å². The Hall–Kier alpha value is -1.36. The van der Waals surface area contributed by atoms with Crippen LogP contribution in [0.5, 0.6) is 0 Å². The molecule has 100 valence electrons. The molecule has 0 aromatic heterocycles. The Morgan fingerprint density at radius 1 is 1.28 bits per heavy atom. The van der Waals surface area contributed by atoms with Crippen LogP contribution in [0.4, 0.5) is 0 Å². The summed E-state index contributed by atoms with van der Waals surface area (Å²) < 4.78 is 29.6. The van der Waals surface area contributed by atoms with E-state index in [0.717, 1.165) is 0 Å². The van der Waals surface area contributed by atoms with E-state index in [4.69, 9.17) is 4.74 Å². The number of benzene rings is 1. The smallest absolute Gasteiger partial charge is 0.324 e. The van der Waals surface area contributed by atoms with Gasteiger partial charge in [-0.3, -0.25) is 4.79 Å². The van der Waals surface area contributed by atoms with Gasteiger partial charge in [0.2, 0.25) is 0 Å². The van der Waals surface area contributed by atoms with Gasteiger partial charge in [0, 0.05) is 0 Å². The molecule has 0 saturated heterocycles. The van der Waals surface area contributed by atoms with Crippen molar-refractivity contribution in [2.75, 3.05) is 6.61 Å². The van der Waals surface area contributed by atoms with E-state index < -0.39 is 21.1 Å². The van der Waals surface area contributed by atoms with Crippen molar-refractivity contribution in [2.45, 2.75) is 37.3 Å². The Balaban J connectivity index is 3.20. The average molecular weight is 270 g/mol. The number of hydrogen-bond donors (Lipinski definition) is 0. The van der Waals surface area contributed by atoms with Gasteiger partial charge < -0.3 is 4.74 Å². The first-order chi connectivity index (χ1) is 8.45. The largest absolute Gasteiger partial charge is 0.465 e. The highest BCUT2D eigenvalue weighted by molar-refractivity contribution is 7.92. The second kappa shape index (κ2) is 6.00. The molecular formula is C13H18O4S. The molecule has 0 radical (unpaired) electrons. The summed E-state index contributed by atoms with van der Waals surface area (Å²) in [6.45, 7) is 5.21. The van der Waals surface area contributed by atoms with Crippen molar-refractivity contribution in [3.63, 3.8) is 0 Å². The van der Waals surface area contributed by atoms with Gasteiger partial charge >= 0.3 is 5.97 Å². The number of aryl methyl sites for hydroxylation is 1. The zero-order valence-electron chi connectivity index (χ0n) is 10.8. The van der Waals surface area contributed by atoms with Crippen LogP contribution in [0.25, 0.3) is 0 Å². The molecule has 1 unspecified atom stereocenters. The number of rotatable bonds is 5. The van der Waals surface area contributed by atoms with E-state index in [1.807, 2.05) is 0 Å². The van der Waals surface area contributed by atoms with Gasteiger partial charge in [0.25, 0.3) is 0 Å². The van der Waals surface area contributed by atoms with Gasteiger partial charge in [0.15, 0.2) is 15.1 Å². The third kappa shape index (κ3) is 2.90. The van der Waals surface area contributed by atoms with Crippen LogP contribution in [0.2, 0.25) is 0 Å². The fourth-order valence-electron chi connectivity index (χ4n) is 1.78. The number of sulfone groups is 1. The topological polar surface area (TPSA) is 60.4 Å². The minimum Gasteiger partial charge on any atom is -0.465 e. The molecule has 0 spiro atoms. The Labute approximate surface area is 108 Å². The van der Waals surface area contributed by atoms with Crippen molar-refractivity contribution in [3.05, 3.63) is 29.8 Å².